The fraction of sp³-hybridized carbons (Fsp3) is 0.382. The largest absolute Gasteiger partial charge is 0.494 e. The summed E-state index contributed by atoms with van der Waals surface area (Å²) in [6.07, 6.45) is 5.55. The molecule has 1 unspecified atom stereocenters. The summed E-state index contributed by atoms with van der Waals surface area (Å²) >= 11 is 6.26. The average molecular weight is 1030 g/mol. The topological polar surface area (TPSA) is 222 Å². The number of carbonyl (C=O) groups is 5. The number of benzene rings is 4. The molecule has 0 aliphatic heterocycles. The number of hydrogen-bond acceptors (Lipinski definition) is 14. The summed E-state index contributed by atoms with van der Waals surface area (Å²) in [5.74, 6) is -0.240. The average Bonchev–Trinajstić information content (AvgIpc) is 3.74. The zero-order valence-corrected chi connectivity index (χ0v) is 43.4. The number of aliphatic imine (C=N–C) groups is 1. The second-order valence-corrected chi connectivity index (χ2v) is 16.7. The second-order valence-electron chi connectivity index (χ2n) is 16.3. The molecule has 0 saturated carbocycles. The maximum absolute atomic E-state index is 12.7. The van der Waals surface area contributed by atoms with Crippen LogP contribution in [0.15, 0.2) is 102 Å². The normalized spacial score (nSPS) is 11.8. The van der Waals surface area contributed by atoms with Crippen LogP contribution in [0, 0.1) is 0 Å². The zero-order valence-electron chi connectivity index (χ0n) is 42.6. The van der Waals surface area contributed by atoms with Crippen LogP contribution in [0.3, 0.4) is 0 Å². The molecule has 1 heterocycles. The van der Waals surface area contributed by atoms with E-state index in [0.29, 0.717) is 130 Å². The SMILES string of the molecule is CC(CCC=O)N(C)Cc1c(C=O)cccc1NC(=O)CCOCCOCCOCCOCCNCc1ccc(N=C(c2ccccc2)c2c(O)[nH]c3cc(C(Cl)=CC=O)ccc23)cc1.CCNC.CNC=O. The Hall–Kier alpha value is -6.41. The number of rotatable bonds is 32. The van der Waals surface area contributed by atoms with Crippen molar-refractivity contribution in [3.63, 3.8) is 0 Å². The van der Waals surface area contributed by atoms with E-state index in [-0.39, 0.29) is 30.9 Å². The van der Waals surface area contributed by atoms with Gasteiger partial charge in [-0.3, -0.25) is 24.1 Å². The number of nitrogens with zero attached hydrogens (tertiary/aromatic N) is 2. The van der Waals surface area contributed by atoms with Crippen molar-refractivity contribution in [2.45, 2.75) is 52.2 Å². The van der Waals surface area contributed by atoms with Gasteiger partial charge in [-0.25, -0.2) is 4.99 Å². The second kappa shape index (κ2) is 36.5. The van der Waals surface area contributed by atoms with Gasteiger partial charge in [0.1, 0.15) is 18.9 Å². The molecule has 5 rings (SSSR count). The predicted molar refractivity (Wildman–Crippen MR) is 289 cm³/mol. The Labute approximate surface area is 434 Å². The highest BCUT2D eigenvalue weighted by atomic mass is 35.5. The standard InChI is InChI=1S/C50H58ClN5O9.C3H9N.C2H5NO/c1-36(8-7-22-57)56(2)34-43-40(35-59)11-6-12-45(43)54-47(60)20-24-62-26-28-64-30-31-65-29-27-63-25-21-52-33-37-13-16-41(17-14-37)53-49(38-9-4-3-5-10-38)48-42-18-15-39(44(51)19-23-58)32-46(42)55-50(48)61;1-3-4-2;1-3-2-4/h3-6,9-19,22-23,32,35-36,52,55,61H,7-8,20-21,24-31,33-34H2,1-2H3,(H,54,60);4H,3H2,1-2H3;2H,1H3,(H,3,4). The van der Waals surface area contributed by atoms with Crippen molar-refractivity contribution < 1.29 is 48.0 Å². The number of anilines is 1. The zero-order chi connectivity index (χ0) is 53.1. The number of hydrogen-bond donors (Lipinski definition) is 6. The Kier molecular flexibility index (Phi) is 30.4. The van der Waals surface area contributed by atoms with E-state index in [1.165, 1.54) is 6.08 Å². The Morgan fingerprint density at radius 3 is 2.08 bits per heavy atom. The predicted octanol–water partition coefficient (Wildman–Crippen LogP) is 7.21. The number of nitrogens with one attached hydrogen (secondary N) is 5. The molecule has 6 N–H and O–H groups in total. The van der Waals surface area contributed by atoms with E-state index < -0.39 is 0 Å². The molecule has 73 heavy (non-hydrogen) atoms. The van der Waals surface area contributed by atoms with Crippen LogP contribution in [0.5, 0.6) is 5.88 Å². The van der Waals surface area contributed by atoms with E-state index in [9.17, 15) is 24.3 Å². The van der Waals surface area contributed by atoms with Gasteiger partial charge >= 0.3 is 0 Å². The van der Waals surface area contributed by atoms with Crippen LogP contribution in [0.25, 0.3) is 15.9 Å². The number of aldehydes is 3. The van der Waals surface area contributed by atoms with Crippen molar-refractivity contribution in [1.82, 2.24) is 25.8 Å². The van der Waals surface area contributed by atoms with Gasteiger partial charge in [0.2, 0.25) is 12.3 Å². The molecule has 0 saturated heterocycles. The maximum atomic E-state index is 12.7. The van der Waals surface area contributed by atoms with Crippen LogP contribution in [-0.4, -0.2) is 145 Å². The molecule has 0 spiro atoms. The molecule has 0 aliphatic rings. The highest BCUT2D eigenvalue weighted by Gasteiger charge is 2.20. The van der Waals surface area contributed by atoms with Crippen molar-refractivity contribution in [1.29, 1.82) is 0 Å². The monoisotopic (exact) mass is 1030 g/mol. The number of aromatic hydroxyl groups is 1. The lowest BCUT2D eigenvalue weighted by atomic mass is 10.00. The van der Waals surface area contributed by atoms with E-state index in [2.05, 4.69) is 38.1 Å². The summed E-state index contributed by atoms with van der Waals surface area (Å²) in [6.45, 7) is 10.1. The Balaban J connectivity index is 0.00000163. The number of fused-ring (bicyclic) bond motifs is 1. The number of halogens is 1. The maximum Gasteiger partial charge on any atom is 0.226 e. The summed E-state index contributed by atoms with van der Waals surface area (Å²) < 4.78 is 22.4. The minimum absolute atomic E-state index is 0.0228. The molecule has 4 aromatic carbocycles. The number of H-pyrrole nitrogens is 1. The highest BCUT2D eigenvalue weighted by molar-refractivity contribution is 6.49. The first-order chi connectivity index (χ1) is 35.5. The number of amides is 2. The molecule has 5 aromatic rings. The molecule has 1 atom stereocenters. The minimum atomic E-state index is -0.217. The third kappa shape index (κ3) is 22.5. The lowest BCUT2D eigenvalue weighted by molar-refractivity contribution is -0.117. The van der Waals surface area contributed by atoms with Gasteiger partial charge in [-0.05, 0) is 75.5 Å². The van der Waals surface area contributed by atoms with Crippen LogP contribution in [0.4, 0.5) is 11.4 Å². The van der Waals surface area contributed by atoms with Crippen LogP contribution in [-0.2, 0) is 51.2 Å². The van der Waals surface area contributed by atoms with Crippen LogP contribution in [0.2, 0.25) is 0 Å². The molecule has 0 aliphatic carbocycles. The lowest BCUT2D eigenvalue weighted by Crippen LogP contribution is -2.29. The summed E-state index contributed by atoms with van der Waals surface area (Å²) in [5.41, 5.74) is 6.95. The third-order valence-corrected chi connectivity index (χ3v) is 11.4. The number of carbonyl (C=O) groups excluding carboxylic acids is 5. The van der Waals surface area contributed by atoms with Crippen molar-refractivity contribution >= 4 is 75.8 Å². The molecular weight excluding hydrogens is 954 g/mol. The van der Waals surface area contributed by atoms with Crippen LogP contribution < -0.4 is 21.3 Å². The fourth-order valence-corrected chi connectivity index (χ4v) is 7.03. The van der Waals surface area contributed by atoms with Crippen LogP contribution >= 0.6 is 11.6 Å². The summed E-state index contributed by atoms with van der Waals surface area (Å²) in [6, 6.07) is 28.4. The molecule has 2 amide bonds. The van der Waals surface area contributed by atoms with Gasteiger partial charge in [0.05, 0.1) is 81.3 Å². The van der Waals surface area contributed by atoms with E-state index in [0.717, 1.165) is 46.9 Å². The lowest BCUT2D eigenvalue weighted by Gasteiger charge is -2.26. The van der Waals surface area contributed by atoms with E-state index in [4.69, 9.17) is 40.3 Å². The van der Waals surface area contributed by atoms with Crippen molar-refractivity contribution in [3.05, 3.63) is 130 Å². The molecule has 394 valence electrons. The summed E-state index contributed by atoms with van der Waals surface area (Å²) in [4.78, 5) is 65.3. The molecule has 17 nitrogen and oxygen atoms in total. The summed E-state index contributed by atoms with van der Waals surface area (Å²) in [7, 11) is 5.42. The first kappa shape index (κ1) is 60.9. The Morgan fingerprint density at radius 1 is 0.836 bits per heavy atom. The number of allylic oxidation sites excluding steroid dienone is 1. The Bertz CT molecular complexity index is 2460. The number of ether oxygens (including phenoxy) is 4. The van der Waals surface area contributed by atoms with Gasteiger partial charge in [0, 0.05) is 72.4 Å². The summed E-state index contributed by atoms with van der Waals surface area (Å²) in [5, 5.41) is 23.6. The Morgan fingerprint density at radius 2 is 1.48 bits per heavy atom. The van der Waals surface area contributed by atoms with Gasteiger partial charge in [0.25, 0.3) is 0 Å². The van der Waals surface area contributed by atoms with Gasteiger partial charge in [-0.1, -0.05) is 85.3 Å². The van der Waals surface area contributed by atoms with E-state index in [1.807, 2.05) is 81.7 Å². The first-order valence-corrected chi connectivity index (χ1v) is 24.6. The van der Waals surface area contributed by atoms with E-state index in [1.54, 1.807) is 37.4 Å². The quantitative estimate of drug-likeness (QED) is 0.0109. The molecule has 0 radical (unpaired) electrons. The van der Waals surface area contributed by atoms with Gasteiger partial charge < -0.3 is 55.1 Å². The molecular formula is C55H72ClN7O10. The van der Waals surface area contributed by atoms with Gasteiger partial charge in [0.15, 0.2) is 5.88 Å². The third-order valence-electron chi connectivity index (χ3n) is 11.0. The smallest absolute Gasteiger partial charge is 0.226 e. The fourth-order valence-electron chi connectivity index (χ4n) is 6.87. The number of aromatic amines is 1. The van der Waals surface area contributed by atoms with E-state index >= 15 is 0 Å². The highest BCUT2D eigenvalue weighted by Crippen LogP contribution is 2.34. The van der Waals surface area contributed by atoms with Crippen molar-refractivity contribution in [3.8, 4) is 5.88 Å². The van der Waals surface area contributed by atoms with Crippen molar-refractivity contribution in [2.75, 3.05) is 92.4 Å². The van der Waals surface area contributed by atoms with Crippen LogP contribution in [0.1, 0.15) is 71.3 Å². The minimum Gasteiger partial charge on any atom is -0.494 e. The molecule has 1 aromatic heterocycles. The van der Waals surface area contributed by atoms with Gasteiger partial charge in [-0.15, -0.1) is 0 Å². The number of aromatic nitrogens is 1. The van der Waals surface area contributed by atoms with Gasteiger partial charge in [-0.2, -0.15) is 0 Å². The molecule has 0 fully saturated rings. The van der Waals surface area contributed by atoms with Crippen molar-refractivity contribution in [2.24, 2.45) is 4.99 Å². The first-order valence-electron chi connectivity index (χ1n) is 24.2. The molecule has 18 heteroatoms. The molecule has 0 bridgehead atoms.